The maximum absolute atomic E-state index is 12.4. The van der Waals surface area contributed by atoms with Crippen molar-refractivity contribution in [3.8, 4) is 0 Å². The van der Waals surface area contributed by atoms with Gasteiger partial charge in [0.15, 0.2) is 4.96 Å². The monoisotopic (exact) mass is 345 g/mol. The maximum Gasteiger partial charge on any atom is 0.282 e. The van der Waals surface area contributed by atoms with Gasteiger partial charge in [0.05, 0.1) is 5.69 Å². The summed E-state index contributed by atoms with van der Waals surface area (Å²) in [5.41, 5.74) is 0.565. The standard InChI is InChI=1S/C16H15N3O2S2/c1-11-14(15(21)19-8-10-23-16(19)17-11)18-13(20)7-9-22-12-5-3-2-4-6-12/h2-6,8,10H,7,9H2,1H3,(H,18,20). The summed E-state index contributed by atoms with van der Waals surface area (Å²) in [5.74, 6) is 0.482. The van der Waals surface area contributed by atoms with Gasteiger partial charge >= 0.3 is 0 Å². The Hall–Kier alpha value is -2.12. The van der Waals surface area contributed by atoms with Gasteiger partial charge in [0, 0.05) is 28.6 Å². The first kappa shape index (κ1) is 15.8. The zero-order chi connectivity index (χ0) is 16.2. The fourth-order valence-corrected chi connectivity index (χ4v) is 3.73. The van der Waals surface area contributed by atoms with E-state index >= 15 is 0 Å². The number of anilines is 1. The van der Waals surface area contributed by atoms with Crippen LogP contribution in [-0.2, 0) is 4.79 Å². The lowest BCUT2D eigenvalue weighted by atomic mass is 10.3. The first-order chi connectivity index (χ1) is 11.1. The summed E-state index contributed by atoms with van der Waals surface area (Å²) in [4.78, 5) is 30.5. The van der Waals surface area contributed by atoms with Crippen LogP contribution < -0.4 is 10.9 Å². The van der Waals surface area contributed by atoms with Crippen LogP contribution in [0.5, 0.6) is 0 Å². The zero-order valence-corrected chi connectivity index (χ0v) is 14.1. The van der Waals surface area contributed by atoms with Crippen molar-refractivity contribution in [1.29, 1.82) is 0 Å². The van der Waals surface area contributed by atoms with Gasteiger partial charge in [0.25, 0.3) is 5.56 Å². The number of aromatic nitrogens is 2. The molecule has 0 saturated carbocycles. The second-order valence-electron chi connectivity index (χ2n) is 4.89. The lowest BCUT2D eigenvalue weighted by molar-refractivity contribution is -0.115. The number of rotatable bonds is 5. The highest BCUT2D eigenvalue weighted by atomic mass is 32.2. The second-order valence-corrected chi connectivity index (χ2v) is 6.93. The lowest BCUT2D eigenvalue weighted by Crippen LogP contribution is -2.24. The molecule has 0 radical (unpaired) electrons. The highest BCUT2D eigenvalue weighted by molar-refractivity contribution is 7.99. The summed E-state index contributed by atoms with van der Waals surface area (Å²) in [6.07, 6.45) is 2.00. The molecule has 0 bridgehead atoms. The molecule has 0 aliphatic carbocycles. The number of aryl methyl sites for hydroxylation is 1. The van der Waals surface area contributed by atoms with Gasteiger partial charge in [0.2, 0.25) is 5.91 Å². The number of nitrogens with zero attached hydrogens (tertiary/aromatic N) is 2. The molecule has 23 heavy (non-hydrogen) atoms. The molecule has 0 atom stereocenters. The van der Waals surface area contributed by atoms with Crippen LogP contribution in [-0.4, -0.2) is 21.0 Å². The van der Waals surface area contributed by atoms with Gasteiger partial charge in [-0.1, -0.05) is 18.2 Å². The van der Waals surface area contributed by atoms with Crippen LogP contribution in [0.2, 0.25) is 0 Å². The Balaban J connectivity index is 1.65. The van der Waals surface area contributed by atoms with Crippen LogP contribution in [0.1, 0.15) is 12.1 Å². The molecule has 0 aliphatic rings. The number of benzene rings is 1. The number of hydrogen-bond donors (Lipinski definition) is 1. The number of fused-ring (bicyclic) bond motifs is 1. The Morgan fingerprint density at radius 1 is 1.35 bits per heavy atom. The molecule has 3 aromatic rings. The highest BCUT2D eigenvalue weighted by Crippen LogP contribution is 2.18. The van der Waals surface area contributed by atoms with Crippen LogP contribution in [0.3, 0.4) is 0 Å². The molecule has 3 rings (SSSR count). The molecule has 2 heterocycles. The zero-order valence-electron chi connectivity index (χ0n) is 12.5. The van der Waals surface area contributed by atoms with Crippen molar-refractivity contribution in [2.45, 2.75) is 18.2 Å². The van der Waals surface area contributed by atoms with Gasteiger partial charge < -0.3 is 5.32 Å². The fraction of sp³-hybridized carbons (Fsp3) is 0.188. The maximum atomic E-state index is 12.4. The fourth-order valence-electron chi connectivity index (χ4n) is 2.11. The van der Waals surface area contributed by atoms with Crippen LogP contribution >= 0.6 is 23.1 Å². The Bertz CT molecular complexity index is 887. The van der Waals surface area contributed by atoms with Crippen molar-refractivity contribution in [3.63, 3.8) is 0 Å². The molecule has 7 heteroatoms. The quantitative estimate of drug-likeness (QED) is 0.721. The molecule has 2 aromatic heterocycles. The van der Waals surface area contributed by atoms with Crippen molar-refractivity contribution in [1.82, 2.24) is 9.38 Å². The molecule has 0 unspecified atom stereocenters. The largest absolute Gasteiger partial charge is 0.320 e. The molecule has 5 nitrogen and oxygen atoms in total. The van der Waals surface area contributed by atoms with Gasteiger partial charge in [-0.15, -0.1) is 23.1 Å². The normalized spacial score (nSPS) is 10.8. The molecular weight excluding hydrogens is 330 g/mol. The van der Waals surface area contributed by atoms with E-state index in [1.54, 1.807) is 30.3 Å². The molecule has 0 fully saturated rings. The summed E-state index contributed by atoms with van der Waals surface area (Å²) in [5, 5.41) is 4.50. The van der Waals surface area contributed by atoms with Gasteiger partial charge in [-0.3, -0.25) is 14.0 Å². The molecular formula is C16H15N3O2S2. The van der Waals surface area contributed by atoms with Crippen LogP contribution in [0.25, 0.3) is 4.96 Å². The molecule has 118 valence electrons. The lowest BCUT2D eigenvalue weighted by Gasteiger charge is -2.07. The van der Waals surface area contributed by atoms with E-state index in [2.05, 4.69) is 10.3 Å². The number of hydrogen-bond acceptors (Lipinski definition) is 5. The molecule has 0 spiro atoms. The van der Waals surface area contributed by atoms with E-state index in [4.69, 9.17) is 0 Å². The van der Waals surface area contributed by atoms with Gasteiger partial charge in [-0.05, 0) is 19.1 Å². The summed E-state index contributed by atoms with van der Waals surface area (Å²) in [6.45, 7) is 1.73. The minimum atomic E-state index is -0.238. The van der Waals surface area contributed by atoms with Crippen molar-refractivity contribution >= 4 is 39.7 Å². The third-order valence-electron chi connectivity index (χ3n) is 3.25. The van der Waals surface area contributed by atoms with Gasteiger partial charge in [-0.25, -0.2) is 4.98 Å². The third kappa shape index (κ3) is 3.62. The highest BCUT2D eigenvalue weighted by Gasteiger charge is 2.13. The SMILES string of the molecule is Cc1nc2sccn2c(=O)c1NC(=O)CCSc1ccccc1. The smallest absolute Gasteiger partial charge is 0.282 e. The topological polar surface area (TPSA) is 63.5 Å². The van der Waals surface area contributed by atoms with Crippen molar-refractivity contribution in [3.05, 3.63) is 58.0 Å². The first-order valence-electron chi connectivity index (χ1n) is 7.09. The predicted octanol–water partition coefficient (Wildman–Crippen LogP) is 3.19. The van der Waals surface area contributed by atoms with E-state index in [1.807, 2.05) is 30.3 Å². The van der Waals surface area contributed by atoms with E-state index in [9.17, 15) is 9.59 Å². The molecule has 1 amide bonds. The van der Waals surface area contributed by atoms with Crippen molar-refractivity contribution in [2.75, 3.05) is 11.1 Å². The average molecular weight is 345 g/mol. The van der Waals surface area contributed by atoms with Crippen molar-refractivity contribution < 1.29 is 4.79 Å². The summed E-state index contributed by atoms with van der Waals surface area (Å²) >= 11 is 3.00. The number of carbonyl (C=O) groups is 1. The second kappa shape index (κ2) is 6.97. The number of thioether (sulfide) groups is 1. The van der Waals surface area contributed by atoms with E-state index in [-0.39, 0.29) is 17.2 Å². The van der Waals surface area contributed by atoms with Crippen molar-refractivity contribution in [2.24, 2.45) is 0 Å². The van der Waals surface area contributed by atoms with Gasteiger partial charge in [0.1, 0.15) is 5.69 Å². The minimum absolute atomic E-state index is 0.175. The minimum Gasteiger partial charge on any atom is -0.320 e. The van der Waals surface area contributed by atoms with E-state index in [0.717, 1.165) is 4.90 Å². The van der Waals surface area contributed by atoms with Gasteiger partial charge in [-0.2, -0.15) is 0 Å². The number of carbonyl (C=O) groups excluding carboxylic acids is 1. The first-order valence-corrected chi connectivity index (χ1v) is 8.96. The summed E-state index contributed by atoms with van der Waals surface area (Å²) in [6, 6.07) is 9.91. The van der Waals surface area contributed by atoms with Crippen LogP contribution in [0.4, 0.5) is 5.69 Å². The number of nitrogens with one attached hydrogen (secondary N) is 1. The summed E-state index contributed by atoms with van der Waals surface area (Å²) in [7, 11) is 0. The molecule has 1 aromatic carbocycles. The average Bonchev–Trinajstić information content (AvgIpc) is 3.01. The molecule has 1 N–H and O–H groups in total. The Morgan fingerprint density at radius 3 is 2.91 bits per heavy atom. The Kier molecular flexibility index (Phi) is 4.78. The van der Waals surface area contributed by atoms with Crippen LogP contribution in [0.15, 0.2) is 51.6 Å². The molecule has 0 saturated heterocycles. The third-order valence-corrected chi connectivity index (χ3v) is 5.02. The van der Waals surface area contributed by atoms with E-state index in [1.165, 1.54) is 15.7 Å². The summed E-state index contributed by atoms with van der Waals surface area (Å²) < 4.78 is 1.45. The molecule has 0 aliphatic heterocycles. The number of amides is 1. The Morgan fingerprint density at radius 2 is 2.13 bits per heavy atom. The van der Waals surface area contributed by atoms with E-state index in [0.29, 0.717) is 22.8 Å². The number of thiazole rings is 1. The van der Waals surface area contributed by atoms with E-state index < -0.39 is 0 Å². The Labute approximate surface area is 141 Å². The van der Waals surface area contributed by atoms with Crippen LogP contribution in [0, 0.1) is 6.92 Å². The predicted molar refractivity (Wildman–Crippen MR) is 94.5 cm³/mol.